The van der Waals surface area contributed by atoms with Crippen molar-refractivity contribution < 1.29 is 18.0 Å². The van der Waals surface area contributed by atoms with Gasteiger partial charge >= 0.3 is 11.9 Å². The van der Waals surface area contributed by atoms with Crippen LogP contribution in [-0.2, 0) is 12.7 Å². The quantitative estimate of drug-likeness (QED) is 0.422. The molecule has 0 radical (unpaired) electrons. The molecular formula is C27H23F3N4O3. The van der Waals surface area contributed by atoms with E-state index < -0.39 is 47.2 Å². The molecule has 1 aromatic heterocycles. The van der Waals surface area contributed by atoms with E-state index in [9.17, 15) is 27.6 Å². The summed E-state index contributed by atoms with van der Waals surface area (Å²) in [5.74, 6) is -0.819. The molecule has 0 saturated heterocycles. The average Bonchev–Trinajstić information content (AvgIpc) is 2.87. The third-order valence-corrected chi connectivity index (χ3v) is 5.80. The molecule has 10 heteroatoms. The molecule has 1 atom stereocenters. The monoisotopic (exact) mass is 508 g/mol. The number of hydrogen-bond acceptors (Lipinski definition) is 4. The number of nitrogens with one attached hydrogen (secondary N) is 1. The Hall–Kier alpha value is -4.47. The number of hydrogen-bond donors (Lipinski definition) is 1. The molecule has 0 saturated carbocycles. The first kappa shape index (κ1) is 25.6. The van der Waals surface area contributed by atoms with Gasteiger partial charge in [-0.25, -0.2) is 4.79 Å². The molecule has 1 N–H and O–H groups in total. The molecule has 3 aromatic carbocycles. The fourth-order valence-electron chi connectivity index (χ4n) is 3.77. The molecule has 0 spiro atoms. The summed E-state index contributed by atoms with van der Waals surface area (Å²) in [4.78, 5) is 39.7. The van der Waals surface area contributed by atoms with Crippen LogP contribution in [0.4, 0.5) is 13.2 Å². The van der Waals surface area contributed by atoms with Gasteiger partial charge in [-0.2, -0.15) is 23.0 Å². The van der Waals surface area contributed by atoms with E-state index >= 15 is 0 Å². The summed E-state index contributed by atoms with van der Waals surface area (Å²) in [6.45, 7) is 3.09. The molecule has 1 unspecified atom stereocenters. The van der Waals surface area contributed by atoms with Gasteiger partial charge in [-0.1, -0.05) is 60.2 Å². The minimum absolute atomic E-state index is 0.0692. The number of amides is 1. The molecule has 0 aliphatic carbocycles. The van der Waals surface area contributed by atoms with E-state index in [-0.39, 0.29) is 5.56 Å². The zero-order valence-electron chi connectivity index (χ0n) is 20.0. The third kappa shape index (κ3) is 5.69. The Bertz CT molecular complexity index is 1540. The zero-order valence-corrected chi connectivity index (χ0v) is 20.0. The number of carbonyl (C=O) groups excluding carboxylic acids is 1. The molecule has 4 rings (SSSR count). The van der Waals surface area contributed by atoms with Gasteiger partial charge in [-0.05, 0) is 49.2 Å². The SMILES string of the molecule is Cc1ccc(-n2nc(C(=O)NC(C)c3ccccc3)c(=O)n(Cc3cccc(C(F)(F)F)c3)c2=O)cc1. The first-order valence-corrected chi connectivity index (χ1v) is 11.4. The van der Waals surface area contributed by atoms with E-state index in [4.69, 9.17) is 0 Å². The van der Waals surface area contributed by atoms with Gasteiger partial charge in [0.05, 0.1) is 23.8 Å². The highest BCUT2D eigenvalue weighted by Crippen LogP contribution is 2.29. The van der Waals surface area contributed by atoms with Gasteiger partial charge < -0.3 is 5.32 Å². The van der Waals surface area contributed by atoms with Gasteiger partial charge in [0.25, 0.3) is 11.5 Å². The lowest BCUT2D eigenvalue weighted by Gasteiger charge is -2.16. The second-order valence-corrected chi connectivity index (χ2v) is 8.57. The molecule has 190 valence electrons. The van der Waals surface area contributed by atoms with Crippen LogP contribution in [0, 0.1) is 6.92 Å². The van der Waals surface area contributed by atoms with Gasteiger partial charge in [0, 0.05) is 0 Å². The molecule has 0 bridgehead atoms. The van der Waals surface area contributed by atoms with E-state index in [0.29, 0.717) is 10.3 Å². The van der Waals surface area contributed by atoms with Crippen molar-refractivity contribution in [3.8, 4) is 5.69 Å². The Morgan fingerprint density at radius 3 is 2.30 bits per heavy atom. The number of rotatable bonds is 6. The number of aryl methyl sites for hydroxylation is 1. The van der Waals surface area contributed by atoms with E-state index in [1.807, 2.05) is 13.0 Å². The van der Waals surface area contributed by atoms with Gasteiger partial charge in [-0.3, -0.25) is 14.2 Å². The summed E-state index contributed by atoms with van der Waals surface area (Å²) < 4.78 is 41.3. The van der Waals surface area contributed by atoms with Crippen molar-refractivity contribution in [2.45, 2.75) is 32.6 Å². The maximum atomic E-state index is 13.3. The van der Waals surface area contributed by atoms with Gasteiger partial charge in [0.2, 0.25) is 5.69 Å². The van der Waals surface area contributed by atoms with E-state index in [1.54, 1.807) is 55.5 Å². The Balaban J connectivity index is 1.81. The van der Waals surface area contributed by atoms with Crippen LogP contribution >= 0.6 is 0 Å². The molecule has 7 nitrogen and oxygen atoms in total. The number of benzene rings is 3. The lowest BCUT2D eigenvalue weighted by Crippen LogP contribution is -2.46. The van der Waals surface area contributed by atoms with Crippen molar-refractivity contribution in [3.63, 3.8) is 0 Å². The van der Waals surface area contributed by atoms with Crippen LogP contribution in [0.1, 0.15) is 45.7 Å². The third-order valence-electron chi connectivity index (χ3n) is 5.80. The highest BCUT2D eigenvalue weighted by molar-refractivity contribution is 5.92. The molecule has 4 aromatic rings. The molecule has 1 amide bonds. The van der Waals surface area contributed by atoms with Crippen molar-refractivity contribution in [3.05, 3.63) is 128 Å². The number of carbonyl (C=O) groups is 1. The smallest absolute Gasteiger partial charge is 0.344 e. The number of nitrogens with zero attached hydrogens (tertiary/aromatic N) is 3. The molecule has 0 fully saturated rings. The van der Waals surface area contributed by atoms with Crippen LogP contribution < -0.4 is 16.6 Å². The Kier molecular flexibility index (Phi) is 7.10. The number of alkyl halides is 3. The van der Waals surface area contributed by atoms with Crippen LogP contribution in [-0.4, -0.2) is 20.3 Å². The zero-order chi connectivity index (χ0) is 26.7. The fraction of sp³-hybridized carbons (Fsp3) is 0.185. The maximum absolute atomic E-state index is 13.3. The van der Waals surface area contributed by atoms with Crippen molar-refractivity contribution in [1.82, 2.24) is 19.7 Å². The maximum Gasteiger partial charge on any atom is 0.416 e. The van der Waals surface area contributed by atoms with Crippen molar-refractivity contribution in [1.29, 1.82) is 0 Å². The number of aromatic nitrogens is 3. The molecule has 0 aliphatic heterocycles. The highest BCUT2D eigenvalue weighted by Gasteiger charge is 2.30. The van der Waals surface area contributed by atoms with E-state index in [1.165, 1.54) is 12.1 Å². The standard InChI is InChI=1S/C27H23F3N4O3/c1-17-11-13-22(14-12-17)34-26(37)33(16-19-7-6-10-21(15-19)27(28,29)30)25(36)23(32-34)24(35)31-18(2)20-8-4-3-5-9-20/h3-15,18H,16H2,1-2H3,(H,31,35). The minimum atomic E-state index is -4.60. The molecule has 37 heavy (non-hydrogen) atoms. The Labute approximate surface area is 209 Å². The van der Waals surface area contributed by atoms with E-state index in [0.717, 1.165) is 27.9 Å². The summed E-state index contributed by atoms with van der Waals surface area (Å²) >= 11 is 0. The van der Waals surface area contributed by atoms with Crippen LogP contribution in [0.3, 0.4) is 0 Å². The summed E-state index contributed by atoms with van der Waals surface area (Å²) in [5.41, 5.74) is -1.33. The largest absolute Gasteiger partial charge is 0.416 e. The van der Waals surface area contributed by atoms with Crippen molar-refractivity contribution in [2.24, 2.45) is 0 Å². The topological polar surface area (TPSA) is 86.0 Å². The van der Waals surface area contributed by atoms with Crippen LogP contribution in [0.15, 0.2) is 88.5 Å². The van der Waals surface area contributed by atoms with Gasteiger partial charge in [-0.15, -0.1) is 0 Å². The Morgan fingerprint density at radius 2 is 1.65 bits per heavy atom. The van der Waals surface area contributed by atoms with Crippen LogP contribution in [0.2, 0.25) is 0 Å². The van der Waals surface area contributed by atoms with Crippen LogP contribution in [0.25, 0.3) is 5.69 Å². The first-order chi connectivity index (χ1) is 17.5. The van der Waals surface area contributed by atoms with Crippen molar-refractivity contribution in [2.75, 3.05) is 0 Å². The second kappa shape index (κ2) is 10.3. The lowest BCUT2D eigenvalue weighted by molar-refractivity contribution is -0.137. The average molecular weight is 509 g/mol. The Morgan fingerprint density at radius 1 is 0.973 bits per heavy atom. The summed E-state index contributed by atoms with van der Waals surface area (Å²) in [6.07, 6.45) is -4.60. The molecular weight excluding hydrogens is 485 g/mol. The minimum Gasteiger partial charge on any atom is -0.344 e. The van der Waals surface area contributed by atoms with Crippen LogP contribution in [0.5, 0.6) is 0 Å². The van der Waals surface area contributed by atoms with Gasteiger partial charge in [0.1, 0.15) is 0 Å². The predicted octanol–water partition coefficient (Wildman–Crippen LogP) is 4.26. The fourth-order valence-corrected chi connectivity index (χ4v) is 3.77. The van der Waals surface area contributed by atoms with Crippen molar-refractivity contribution >= 4 is 5.91 Å². The van der Waals surface area contributed by atoms with E-state index in [2.05, 4.69) is 10.4 Å². The summed E-state index contributed by atoms with van der Waals surface area (Å²) in [7, 11) is 0. The van der Waals surface area contributed by atoms with Gasteiger partial charge in [0.15, 0.2) is 0 Å². The first-order valence-electron chi connectivity index (χ1n) is 11.4. The molecule has 1 heterocycles. The molecule has 0 aliphatic rings. The highest BCUT2D eigenvalue weighted by atomic mass is 19.4. The summed E-state index contributed by atoms with van der Waals surface area (Å²) in [5, 5.41) is 6.76. The number of halogens is 3. The summed E-state index contributed by atoms with van der Waals surface area (Å²) in [6, 6.07) is 19.5. The predicted molar refractivity (Wildman–Crippen MR) is 132 cm³/mol. The second-order valence-electron chi connectivity index (χ2n) is 8.57. The lowest BCUT2D eigenvalue weighted by atomic mass is 10.1. The normalized spacial score (nSPS) is 12.2.